The van der Waals surface area contributed by atoms with Crippen LogP contribution in [0.3, 0.4) is 0 Å². The van der Waals surface area contributed by atoms with Gasteiger partial charge in [0.1, 0.15) is 30.8 Å². The molecule has 0 unspecified atom stereocenters. The number of allylic oxidation sites excluding steroid dienone is 1. The van der Waals surface area contributed by atoms with Gasteiger partial charge in [0, 0.05) is 56.8 Å². The molecule has 16 nitrogen and oxygen atoms in total. The molecule has 1 fully saturated rings. The molecule has 6 rings (SSSR count). The van der Waals surface area contributed by atoms with Crippen LogP contribution in [-0.2, 0) is 32.3 Å². The molecule has 404 valence electrons. The molecule has 0 radical (unpaired) electrons. The van der Waals surface area contributed by atoms with Crippen molar-refractivity contribution in [3.8, 4) is 11.5 Å². The van der Waals surface area contributed by atoms with E-state index in [-0.39, 0.29) is 69.5 Å². The average Bonchev–Trinajstić information content (AvgIpc) is 3.45. The van der Waals surface area contributed by atoms with Gasteiger partial charge in [0.2, 0.25) is 5.79 Å². The summed E-state index contributed by atoms with van der Waals surface area (Å²) in [7, 11) is 1.65. The summed E-state index contributed by atoms with van der Waals surface area (Å²) in [6.45, 7) is 7.40. The number of nitrogens with one attached hydrogen (secondary N) is 1. The standard InChI is InChI=1S/C58H80N4O12/c1-4-6-7-8-9-10-11-12-13-19-32-59-56(65)73-47-30-31-52-50(39-47)54-48(25-18-21-34-64)45(24-17-20-33-63)38-49-51(60-72-42-44-26-28-46(29-27-44)62(67)68)40-53(58(74-52,55(49)54)71-35-5-2)61(3)57(66)70-37-36-69-41-43-22-15-14-16-23-43/h5,14-16,22-23,26-31,38-39,45,48,53-55,63-64H,2,4,6-13,17-21,24-25,32-37,40-42H2,1,3H3,(H,59,65)/t45-,48+,53-,54+,55+,58+/m0/s1. The van der Waals surface area contributed by atoms with Crippen LogP contribution in [-0.4, -0.2) is 96.4 Å². The summed E-state index contributed by atoms with van der Waals surface area (Å²) < 4.78 is 31.9. The highest BCUT2D eigenvalue weighted by atomic mass is 16.7. The first-order chi connectivity index (χ1) is 36.1. The highest BCUT2D eigenvalue weighted by Crippen LogP contribution is 2.62. The Hall–Kier alpha value is -5.81. The molecule has 2 aliphatic carbocycles. The Morgan fingerprint density at radius 1 is 0.878 bits per heavy atom. The number of aliphatic hydroxyl groups is 2. The minimum absolute atomic E-state index is 0.0114. The van der Waals surface area contributed by atoms with Crippen molar-refractivity contribution in [1.29, 1.82) is 0 Å². The largest absolute Gasteiger partial charge is 0.459 e. The number of ether oxygens (including phenoxy) is 5. The zero-order valence-corrected chi connectivity index (χ0v) is 43.7. The molecule has 1 saturated carbocycles. The Morgan fingerprint density at radius 2 is 1.57 bits per heavy atom. The molecule has 3 N–H and O–H groups in total. The van der Waals surface area contributed by atoms with Crippen molar-refractivity contribution in [3.63, 3.8) is 0 Å². The number of non-ortho nitro benzene ring substituents is 1. The van der Waals surface area contributed by atoms with E-state index in [2.05, 4.69) is 24.9 Å². The van der Waals surface area contributed by atoms with E-state index in [0.29, 0.717) is 55.2 Å². The predicted octanol–water partition coefficient (Wildman–Crippen LogP) is 11.7. The number of unbranched alkanes of at least 4 members (excludes halogenated alkanes) is 11. The van der Waals surface area contributed by atoms with Crippen molar-refractivity contribution in [2.24, 2.45) is 22.9 Å². The van der Waals surface area contributed by atoms with Crippen LogP contribution in [0.25, 0.3) is 0 Å². The molecule has 6 atom stereocenters. The van der Waals surface area contributed by atoms with Gasteiger partial charge in [0.15, 0.2) is 0 Å². The molecule has 1 heterocycles. The zero-order valence-electron chi connectivity index (χ0n) is 43.7. The molecular formula is C58H80N4O12. The van der Waals surface area contributed by atoms with Gasteiger partial charge in [-0.25, -0.2) is 9.59 Å². The summed E-state index contributed by atoms with van der Waals surface area (Å²) in [5.41, 5.74) is 3.79. The monoisotopic (exact) mass is 1020 g/mol. The molecular weight excluding hydrogens is 945 g/mol. The van der Waals surface area contributed by atoms with Gasteiger partial charge in [0.05, 0.1) is 36.4 Å². The second-order valence-electron chi connectivity index (χ2n) is 19.7. The molecule has 16 heteroatoms. The predicted molar refractivity (Wildman–Crippen MR) is 284 cm³/mol. The zero-order chi connectivity index (χ0) is 52.5. The molecule has 3 aromatic rings. The number of likely N-dealkylation sites (N-methyl/N-ethyl adjacent to an activating group) is 1. The van der Waals surface area contributed by atoms with E-state index in [4.69, 9.17) is 33.7 Å². The third kappa shape index (κ3) is 16.1. The molecule has 0 spiro atoms. The maximum atomic E-state index is 14.3. The lowest BCUT2D eigenvalue weighted by atomic mass is 9.55. The number of hydrogen-bond donors (Lipinski definition) is 3. The molecule has 0 saturated heterocycles. The fourth-order valence-electron chi connectivity index (χ4n) is 10.8. The number of oxime groups is 1. The molecule has 0 bridgehead atoms. The topological polar surface area (TPSA) is 201 Å². The van der Waals surface area contributed by atoms with Gasteiger partial charge >= 0.3 is 12.2 Å². The number of carbonyl (C=O) groups is 2. The highest BCUT2D eigenvalue weighted by Gasteiger charge is 2.65. The maximum Gasteiger partial charge on any atom is 0.412 e. The number of benzene rings is 3. The van der Waals surface area contributed by atoms with Gasteiger partial charge in [-0.1, -0.05) is 125 Å². The van der Waals surface area contributed by atoms with Crippen LogP contribution in [0.5, 0.6) is 11.5 Å². The lowest BCUT2D eigenvalue weighted by Crippen LogP contribution is -2.69. The van der Waals surface area contributed by atoms with E-state index in [9.17, 15) is 29.9 Å². The summed E-state index contributed by atoms with van der Waals surface area (Å²) in [4.78, 5) is 46.2. The van der Waals surface area contributed by atoms with Crippen molar-refractivity contribution in [2.75, 3.05) is 46.6 Å². The van der Waals surface area contributed by atoms with Gasteiger partial charge < -0.3 is 49.0 Å². The number of fused-ring (bicyclic) bond motifs is 2. The lowest BCUT2D eigenvalue weighted by Gasteiger charge is -2.59. The molecule has 3 aliphatic rings. The fourth-order valence-corrected chi connectivity index (χ4v) is 10.8. The van der Waals surface area contributed by atoms with Gasteiger partial charge in [0.25, 0.3) is 5.69 Å². The number of nitrogens with zero attached hydrogens (tertiary/aromatic N) is 3. The Kier molecular flexibility index (Phi) is 23.7. The number of aliphatic hydroxyl groups excluding tert-OH is 2. The quantitative estimate of drug-likeness (QED) is 0.0226. The van der Waals surface area contributed by atoms with Crippen LogP contribution in [0, 0.1) is 27.9 Å². The van der Waals surface area contributed by atoms with E-state index < -0.39 is 34.9 Å². The van der Waals surface area contributed by atoms with Crippen LogP contribution in [0.2, 0.25) is 0 Å². The molecule has 74 heavy (non-hydrogen) atoms. The Bertz CT molecular complexity index is 2280. The van der Waals surface area contributed by atoms with Crippen molar-refractivity contribution in [3.05, 3.63) is 124 Å². The lowest BCUT2D eigenvalue weighted by molar-refractivity contribution is -0.384. The van der Waals surface area contributed by atoms with E-state index in [1.807, 2.05) is 36.4 Å². The van der Waals surface area contributed by atoms with Crippen LogP contribution in [0.1, 0.15) is 139 Å². The molecule has 2 amide bonds. The maximum absolute atomic E-state index is 14.3. The first-order valence-electron chi connectivity index (χ1n) is 27.0. The molecule has 3 aromatic carbocycles. The van der Waals surface area contributed by atoms with E-state index in [1.165, 1.54) is 62.0 Å². The van der Waals surface area contributed by atoms with Crippen molar-refractivity contribution in [2.45, 2.75) is 147 Å². The molecule has 1 aliphatic heterocycles. The van der Waals surface area contributed by atoms with E-state index >= 15 is 0 Å². The summed E-state index contributed by atoms with van der Waals surface area (Å²) >= 11 is 0. The number of hydrogen-bond acceptors (Lipinski definition) is 13. The number of carbonyl (C=O) groups excluding carboxylic acids is 2. The van der Waals surface area contributed by atoms with Crippen molar-refractivity contribution in [1.82, 2.24) is 10.2 Å². The highest BCUT2D eigenvalue weighted by molar-refractivity contribution is 6.03. The van der Waals surface area contributed by atoms with Crippen molar-refractivity contribution >= 4 is 23.6 Å². The van der Waals surface area contributed by atoms with Crippen LogP contribution >= 0.6 is 0 Å². The van der Waals surface area contributed by atoms with Gasteiger partial charge in [-0.2, -0.15) is 0 Å². The minimum Gasteiger partial charge on any atom is -0.459 e. The number of nitro benzene ring substituents is 1. The van der Waals surface area contributed by atoms with Crippen LogP contribution < -0.4 is 14.8 Å². The summed E-state index contributed by atoms with van der Waals surface area (Å²) in [6.07, 6.45) is 18.9. The molecule has 0 aromatic heterocycles. The SMILES string of the molecule is C=CCO[C@@]12Oc3ccc(OC(=O)NCCCCCCCCCCCC)cc3[C@H]3[C@H](CCCCO)[C@@H](CCCCO)C=C(C(=NOCc4ccc([N+](=O)[O-])cc4)C[C@@H]1N(C)C(=O)OCCOCc1ccccc1)[C@H]32. The fraction of sp³-hybridized carbons (Fsp3) is 0.569. The van der Waals surface area contributed by atoms with Crippen molar-refractivity contribution < 1.29 is 53.2 Å². The summed E-state index contributed by atoms with van der Waals surface area (Å²) in [6, 6.07) is 20.3. The van der Waals surface area contributed by atoms with Gasteiger partial charge in [-0.05, 0) is 91.0 Å². The first kappa shape index (κ1) is 57.5. The third-order valence-corrected chi connectivity index (χ3v) is 14.5. The Labute approximate surface area is 437 Å². The van der Waals surface area contributed by atoms with E-state index in [1.54, 1.807) is 37.4 Å². The second kappa shape index (κ2) is 30.5. The normalized spacial score (nSPS) is 21.1. The van der Waals surface area contributed by atoms with Crippen LogP contribution in [0.4, 0.5) is 15.3 Å². The average molecular weight is 1030 g/mol. The first-order valence-corrected chi connectivity index (χ1v) is 27.0. The smallest absolute Gasteiger partial charge is 0.412 e. The second-order valence-corrected chi connectivity index (χ2v) is 19.7. The Morgan fingerprint density at radius 3 is 2.26 bits per heavy atom. The third-order valence-electron chi connectivity index (χ3n) is 14.5. The minimum atomic E-state index is -1.53. The van der Waals surface area contributed by atoms with Gasteiger partial charge in [-0.3, -0.25) is 10.1 Å². The van der Waals surface area contributed by atoms with E-state index in [0.717, 1.165) is 55.2 Å². The summed E-state index contributed by atoms with van der Waals surface area (Å²) in [5, 5.41) is 39.1. The number of rotatable bonds is 33. The number of amides is 2. The summed E-state index contributed by atoms with van der Waals surface area (Å²) in [5.74, 6) is -1.77. The van der Waals surface area contributed by atoms with Gasteiger partial charge in [-0.15, -0.1) is 6.58 Å². The van der Waals surface area contributed by atoms with Crippen LogP contribution in [0.15, 0.2) is 102 Å². The Balaban J connectivity index is 1.34. The number of nitro groups is 1.